The SMILES string of the molecule is O=C(O)c1ccc(NC=CC(=O)c2ccc(Cl)cc2Cl)cc1O. The van der Waals surface area contributed by atoms with Crippen LogP contribution in [-0.2, 0) is 0 Å². The van der Waals surface area contributed by atoms with Gasteiger partial charge in [-0.3, -0.25) is 4.79 Å². The number of phenols is 1. The van der Waals surface area contributed by atoms with Gasteiger partial charge in [0.1, 0.15) is 11.3 Å². The fourth-order valence-corrected chi connectivity index (χ4v) is 2.30. The molecule has 0 fully saturated rings. The Kier molecular flexibility index (Phi) is 5.26. The molecule has 0 unspecified atom stereocenters. The van der Waals surface area contributed by atoms with E-state index in [2.05, 4.69) is 5.32 Å². The number of nitrogens with one attached hydrogen (secondary N) is 1. The summed E-state index contributed by atoms with van der Waals surface area (Å²) in [6.45, 7) is 0. The van der Waals surface area contributed by atoms with Crippen LogP contribution in [0.3, 0.4) is 0 Å². The van der Waals surface area contributed by atoms with Crippen LogP contribution in [0.4, 0.5) is 5.69 Å². The second-order valence-electron chi connectivity index (χ2n) is 4.50. The van der Waals surface area contributed by atoms with Gasteiger partial charge in [0.15, 0.2) is 5.78 Å². The molecule has 0 radical (unpaired) electrons. The average molecular weight is 352 g/mol. The van der Waals surface area contributed by atoms with E-state index in [0.29, 0.717) is 16.3 Å². The van der Waals surface area contributed by atoms with Crippen molar-refractivity contribution in [2.75, 3.05) is 5.32 Å². The van der Waals surface area contributed by atoms with Gasteiger partial charge in [-0.1, -0.05) is 23.2 Å². The number of aromatic hydroxyl groups is 1. The van der Waals surface area contributed by atoms with Gasteiger partial charge in [0.2, 0.25) is 0 Å². The molecule has 2 rings (SSSR count). The summed E-state index contributed by atoms with van der Waals surface area (Å²) in [5.74, 6) is -1.93. The lowest BCUT2D eigenvalue weighted by molar-refractivity contribution is 0.0693. The zero-order valence-corrected chi connectivity index (χ0v) is 13.1. The van der Waals surface area contributed by atoms with E-state index in [9.17, 15) is 14.7 Å². The Morgan fingerprint density at radius 3 is 2.35 bits per heavy atom. The maximum atomic E-state index is 12.0. The largest absolute Gasteiger partial charge is 0.507 e. The van der Waals surface area contributed by atoms with Crippen LogP contribution >= 0.6 is 23.2 Å². The number of halogens is 2. The van der Waals surface area contributed by atoms with Crippen molar-refractivity contribution in [3.05, 3.63) is 69.8 Å². The summed E-state index contributed by atoms with van der Waals surface area (Å²) in [5, 5.41) is 21.8. The van der Waals surface area contributed by atoms with Crippen LogP contribution < -0.4 is 5.32 Å². The minimum absolute atomic E-state index is 0.205. The van der Waals surface area contributed by atoms with Crippen molar-refractivity contribution in [2.24, 2.45) is 0 Å². The number of hydrogen-bond acceptors (Lipinski definition) is 4. The van der Waals surface area contributed by atoms with Gasteiger partial charge in [0, 0.05) is 34.6 Å². The molecular weight excluding hydrogens is 341 g/mol. The summed E-state index contributed by atoms with van der Waals surface area (Å²) in [6.07, 6.45) is 2.62. The van der Waals surface area contributed by atoms with Crippen molar-refractivity contribution in [1.82, 2.24) is 0 Å². The zero-order chi connectivity index (χ0) is 17.0. The van der Waals surface area contributed by atoms with E-state index in [1.807, 2.05) is 0 Å². The fraction of sp³-hybridized carbons (Fsp3) is 0. The molecular formula is C16H11Cl2NO4. The predicted octanol–water partition coefficient (Wildman–Crippen LogP) is 4.21. The molecule has 7 heteroatoms. The molecule has 0 saturated heterocycles. The number of allylic oxidation sites excluding steroid dienone is 1. The standard InChI is InChI=1S/C16H11Cl2NO4/c17-9-1-3-11(13(18)7-9)14(20)5-6-19-10-2-4-12(16(22)23)15(21)8-10/h1-8,19,21H,(H,22,23). The second kappa shape index (κ2) is 7.17. The number of ketones is 1. The van der Waals surface area contributed by atoms with E-state index in [-0.39, 0.29) is 22.1 Å². The molecule has 0 heterocycles. The Labute approximate surface area is 141 Å². The number of rotatable bonds is 5. The third-order valence-electron chi connectivity index (χ3n) is 2.91. The van der Waals surface area contributed by atoms with Gasteiger partial charge in [-0.05, 0) is 30.3 Å². The second-order valence-corrected chi connectivity index (χ2v) is 5.35. The van der Waals surface area contributed by atoms with Gasteiger partial charge in [-0.25, -0.2) is 4.79 Å². The summed E-state index contributed by atoms with van der Waals surface area (Å²) < 4.78 is 0. The Hall–Kier alpha value is -2.50. The highest BCUT2D eigenvalue weighted by molar-refractivity contribution is 6.37. The first kappa shape index (κ1) is 16.9. The van der Waals surface area contributed by atoms with Crippen molar-refractivity contribution < 1.29 is 19.8 Å². The van der Waals surface area contributed by atoms with Crippen LogP contribution in [0.15, 0.2) is 48.7 Å². The predicted molar refractivity (Wildman–Crippen MR) is 88.6 cm³/mol. The van der Waals surface area contributed by atoms with Crippen molar-refractivity contribution in [2.45, 2.75) is 0 Å². The van der Waals surface area contributed by atoms with Crippen LogP contribution in [0.2, 0.25) is 10.0 Å². The van der Waals surface area contributed by atoms with Crippen LogP contribution in [0.25, 0.3) is 0 Å². The van der Waals surface area contributed by atoms with Crippen LogP contribution in [0.1, 0.15) is 20.7 Å². The number of aromatic carboxylic acids is 1. The first-order valence-corrected chi connectivity index (χ1v) is 7.13. The van der Waals surface area contributed by atoms with Crippen LogP contribution in [0.5, 0.6) is 5.75 Å². The Morgan fingerprint density at radius 2 is 1.74 bits per heavy atom. The molecule has 0 bridgehead atoms. The molecule has 23 heavy (non-hydrogen) atoms. The first-order valence-electron chi connectivity index (χ1n) is 6.37. The number of carboxylic acid groups (broad SMARTS) is 1. The van der Waals surface area contributed by atoms with Gasteiger partial charge < -0.3 is 15.5 Å². The van der Waals surface area contributed by atoms with E-state index in [4.69, 9.17) is 28.3 Å². The molecule has 0 spiro atoms. The minimum atomic E-state index is -1.22. The lowest BCUT2D eigenvalue weighted by atomic mass is 10.1. The first-order chi connectivity index (χ1) is 10.9. The quantitative estimate of drug-likeness (QED) is 0.554. The van der Waals surface area contributed by atoms with E-state index < -0.39 is 5.97 Å². The summed E-state index contributed by atoms with van der Waals surface area (Å²) in [4.78, 5) is 22.8. The lowest BCUT2D eigenvalue weighted by Gasteiger charge is -2.04. The number of anilines is 1. The molecule has 0 aliphatic carbocycles. The molecule has 0 amide bonds. The Morgan fingerprint density at radius 1 is 1.04 bits per heavy atom. The van der Waals surface area contributed by atoms with E-state index >= 15 is 0 Å². The van der Waals surface area contributed by atoms with Crippen molar-refractivity contribution in [3.8, 4) is 5.75 Å². The van der Waals surface area contributed by atoms with Crippen LogP contribution in [-0.4, -0.2) is 22.0 Å². The Bertz CT molecular complexity index is 803. The Balaban J connectivity index is 2.08. The third-order valence-corrected chi connectivity index (χ3v) is 3.46. The summed E-state index contributed by atoms with van der Waals surface area (Å²) in [6, 6.07) is 8.52. The van der Waals surface area contributed by atoms with E-state index in [1.165, 1.54) is 42.6 Å². The highest BCUT2D eigenvalue weighted by atomic mass is 35.5. The number of benzene rings is 2. The van der Waals surface area contributed by atoms with E-state index in [0.717, 1.165) is 0 Å². The third kappa shape index (κ3) is 4.25. The number of carboxylic acids is 1. The molecule has 0 aliphatic rings. The van der Waals surface area contributed by atoms with Gasteiger partial charge in [-0.2, -0.15) is 0 Å². The highest BCUT2D eigenvalue weighted by Gasteiger charge is 2.10. The van der Waals surface area contributed by atoms with Gasteiger partial charge in [0.25, 0.3) is 0 Å². The molecule has 0 aromatic heterocycles. The lowest BCUT2D eigenvalue weighted by Crippen LogP contribution is -1.99. The molecule has 2 aromatic rings. The summed E-state index contributed by atoms with van der Waals surface area (Å²) in [7, 11) is 0. The zero-order valence-electron chi connectivity index (χ0n) is 11.6. The summed E-state index contributed by atoms with van der Waals surface area (Å²) in [5.41, 5.74) is 0.528. The topological polar surface area (TPSA) is 86.6 Å². The monoisotopic (exact) mass is 351 g/mol. The van der Waals surface area contributed by atoms with Gasteiger partial charge in [0.05, 0.1) is 5.02 Å². The maximum absolute atomic E-state index is 12.0. The van der Waals surface area contributed by atoms with Crippen LogP contribution in [0, 0.1) is 0 Å². The molecule has 0 aliphatic heterocycles. The molecule has 0 atom stereocenters. The fourth-order valence-electron chi connectivity index (χ4n) is 1.79. The van der Waals surface area contributed by atoms with Crippen molar-refractivity contribution >= 4 is 40.6 Å². The normalized spacial score (nSPS) is 10.7. The number of carbonyl (C=O) groups excluding carboxylic acids is 1. The maximum Gasteiger partial charge on any atom is 0.339 e. The molecule has 3 N–H and O–H groups in total. The molecule has 2 aromatic carbocycles. The number of hydrogen-bond donors (Lipinski definition) is 3. The van der Waals surface area contributed by atoms with Gasteiger partial charge >= 0.3 is 5.97 Å². The minimum Gasteiger partial charge on any atom is -0.507 e. The summed E-state index contributed by atoms with van der Waals surface area (Å²) >= 11 is 11.7. The van der Waals surface area contributed by atoms with Crippen molar-refractivity contribution in [1.29, 1.82) is 0 Å². The molecule has 0 saturated carbocycles. The highest BCUT2D eigenvalue weighted by Crippen LogP contribution is 2.23. The van der Waals surface area contributed by atoms with Gasteiger partial charge in [-0.15, -0.1) is 0 Å². The molecule has 118 valence electrons. The van der Waals surface area contributed by atoms with Crippen molar-refractivity contribution in [3.63, 3.8) is 0 Å². The molecule has 5 nitrogen and oxygen atoms in total. The smallest absolute Gasteiger partial charge is 0.339 e. The van der Waals surface area contributed by atoms with E-state index in [1.54, 1.807) is 6.07 Å². The average Bonchev–Trinajstić information content (AvgIpc) is 2.46. The number of carbonyl (C=O) groups is 2.